The van der Waals surface area contributed by atoms with E-state index < -0.39 is 5.41 Å². The summed E-state index contributed by atoms with van der Waals surface area (Å²) in [6.07, 6.45) is 5.78. The SMILES string of the molecule is Cc1cc(C(=O)N2CCC[C@@](Cc3ccccc3-c3cccnc3)(C(=O)N(C)C)C2)cs1. The van der Waals surface area contributed by atoms with Crippen molar-refractivity contribution in [2.24, 2.45) is 5.41 Å². The van der Waals surface area contributed by atoms with Gasteiger partial charge in [0.05, 0.1) is 11.0 Å². The highest BCUT2D eigenvalue weighted by atomic mass is 32.1. The van der Waals surface area contributed by atoms with Crippen molar-refractivity contribution in [1.82, 2.24) is 14.8 Å². The molecule has 2 aromatic heterocycles. The van der Waals surface area contributed by atoms with Gasteiger partial charge in [0, 0.05) is 55.4 Å². The smallest absolute Gasteiger partial charge is 0.254 e. The largest absolute Gasteiger partial charge is 0.348 e. The Kier molecular flexibility index (Phi) is 6.42. The molecule has 5 nitrogen and oxygen atoms in total. The molecule has 0 unspecified atom stereocenters. The van der Waals surface area contributed by atoms with Crippen LogP contribution in [-0.4, -0.2) is 53.8 Å². The van der Waals surface area contributed by atoms with Crippen LogP contribution in [0.25, 0.3) is 11.1 Å². The summed E-state index contributed by atoms with van der Waals surface area (Å²) in [5.74, 6) is 0.100. The zero-order valence-electron chi connectivity index (χ0n) is 18.9. The molecular formula is C26H29N3O2S. The lowest BCUT2D eigenvalue weighted by atomic mass is 9.73. The minimum atomic E-state index is -0.652. The number of benzene rings is 1. The average Bonchev–Trinajstić information content (AvgIpc) is 3.25. The molecule has 1 aromatic carbocycles. The number of pyridine rings is 1. The Morgan fingerprint density at radius 3 is 2.69 bits per heavy atom. The molecule has 3 aromatic rings. The first-order chi connectivity index (χ1) is 15.4. The van der Waals surface area contributed by atoms with Gasteiger partial charge in [-0.1, -0.05) is 30.3 Å². The van der Waals surface area contributed by atoms with E-state index in [0.717, 1.165) is 40.0 Å². The van der Waals surface area contributed by atoms with Crippen LogP contribution >= 0.6 is 11.3 Å². The van der Waals surface area contributed by atoms with Gasteiger partial charge in [0.25, 0.3) is 5.91 Å². The van der Waals surface area contributed by atoms with Gasteiger partial charge in [-0.2, -0.15) is 0 Å². The first kappa shape index (κ1) is 22.2. The Labute approximate surface area is 193 Å². The van der Waals surface area contributed by atoms with E-state index in [0.29, 0.717) is 19.5 Å². The van der Waals surface area contributed by atoms with Crippen LogP contribution < -0.4 is 0 Å². The van der Waals surface area contributed by atoms with Gasteiger partial charge in [0.1, 0.15) is 0 Å². The van der Waals surface area contributed by atoms with Gasteiger partial charge in [-0.15, -0.1) is 11.3 Å². The van der Waals surface area contributed by atoms with Crippen molar-refractivity contribution in [1.29, 1.82) is 0 Å². The van der Waals surface area contributed by atoms with Gasteiger partial charge in [0.15, 0.2) is 0 Å². The fourth-order valence-corrected chi connectivity index (χ4v) is 5.43. The fraction of sp³-hybridized carbons (Fsp3) is 0.346. The molecule has 0 saturated carbocycles. The number of carbonyl (C=O) groups excluding carboxylic acids is 2. The number of thiophene rings is 1. The molecule has 4 rings (SSSR count). The Hall–Kier alpha value is -2.99. The summed E-state index contributed by atoms with van der Waals surface area (Å²) in [6, 6.07) is 14.1. The molecular weight excluding hydrogens is 418 g/mol. The molecule has 0 spiro atoms. The van der Waals surface area contributed by atoms with E-state index in [4.69, 9.17) is 0 Å². The monoisotopic (exact) mass is 447 g/mol. The third-order valence-corrected chi connectivity index (χ3v) is 7.08. The van der Waals surface area contributed by atoms with Gasteiger partial charge in [0.2, 0.25) is 5.91 Å². The van der Waals surface area contributed by atoms with Crippen molar-refractivity contribution in [3.05, 3.63) is 76.2 Å². The van der Waals surface area contributed by atoms with E-state index >= 15 is 0 Å². The molecule has 1 saturated heterocycles. The number of piperidine rings is 1. The molecule has 1 fully saturated rings. The first-order valence-corrected chi connectivity index (χ1v) is 11.8. The van der Waals surface area contributed by atoms with Crippen LogP contribution in [0.5, 0.6) is 0 Å². The predicted molar refractivity (Wildman–Crippen MR) is 129 cm³/mol. The number of nitrogens with zero attached hydrogens (tertiary/aromatic N) is 3. The molecule has 1 aliphatic heterocycles. The van der Waals surface area contributed by atoms with Crippen LogP contribution in [0.4, 0.5) is 0 Å². The molecule has 3 heterocycles. The molecule has 1 aliphatic rings. The van der Waals surface area contributed by atoms with Gasteiger partial charge in [-0.25, -0.2) is 0 Å². The molecule has 0 bridgehead atoms. The summed E-state index contributed by atoms with van der Waals surface area (Å²) in [6.45, 7) is 3.12. The number of carbonyl (C=O) groups is 2. The lowest BCUT2D eigenvalue weighted by Crippen LogP contribution is -2.54. The number of aryl methyl sites for hydroxylation is 1. The molecule has 0 radical (unpaired) electrons. The lowest BCUT2D eigenvalue weighted by molar-refractivity contribution is -0.142. The number of likely N-dealkylation sites (tertiary alicyclic amines) is 1. The van der Waals surface area contributed by atoms with E-state index in [2.05, 4.69) is 17.1 Å². The van der Waals surface area contributed by atoms with E-state index in [1.807, 2.05) is 53.7 Å². The molecule has 32 heavy (non-hydrogen) atoms. The van der Waals surface area contributed by atoms with Crippen molar-refractivity contribution in [3.8, 4) is 11.1 Å². The normalized spacial score (nSPS) is 18.4. The van der Waals surface area contributed by atoms with Crippen molar-refractivity contribution in [2.45, 2.75) is 26.2 Å². The summed E-state index contributed by atoms with van der Waals surface area (Å²) in [5.41, 5.74) is 3.30. The highest BCUT2D eigenvalue weighted by molar-refractivity contribution is 7.10. The topological polar surface area (TPSA) is 53.5 Å². The fourth-order valence-electron chi connectivity index (χ4n) is 4.75. The van der Waals surface area contributed by atoms with E-state index in [9.17, 15) is 9.59 Å². The summed E-state index contributed by atoms with van der Waals surface area (Å²) in [7, 11) is 3.61. The second-order valence-corrected chi connectivity index (χ2v) is 9.95. The molecule has 2 amide bonds. The zero-order chi connectivity index (χ0) is 22.7. The van der Waals surface area contributed by atoms with E-state index in [1.54, 1.807) is 36.5 Å². The minimum Gasteiger partial charge on any atom is -0.348 e. The molecule has 6 heteroatoms. The standard InChI is InChI=1S/C26H29N3O2S/c1-19-14-22(17-32-19)24(30)29-13-7-11-26(18-29,25(31)28(2)3)15-20-8-4-5-10-23(20)21-9-6-12-27-16-21/h4-6,8-10,12,14,16-17H,7,11,13,15,18H2,1-3H3/t26-/m0/s1. The summed E-state index contributed by atoms with van der Waals surface area (Å²) < 4.78 is 0. The average molecular weight is 448 g/mol. The van der Waals surface area contributed by atoms with Gasteiger partial charge < -0.3 is 9.80 Å². The van der Waals surface area contributed by atoms with Crippen LogP contribution in [0.1, 0.15) is 33.6 Å². The second-order valence-electron chi connectivity index (χ2n) is 8.83. The zero-order valence-corrected chi connectivity index (χ0v) is 19.7. The third kappa shape index (κ3) is 4.46. The van der Waals surface area contributed by atoms with Crippen LogP contribution in [0.15, 0.2) is 60.2 Å². The van der Waals surface area contributed by atoms with Crippen LogP contribution in [0, 0.1) is 12.3 Å². The van der Waals surface area contributed by atoms with Gasteiger partial charge in [-0.3, -0.25) is 14.6 Å². The maximum Gasteiger partial charge on any atom is 0.254 e. The summed E-state index contributed by atoms with van der Waals surface area (Å²) in [5, 5.41) is 1.92. The predicted octanol–water partition coefficient (Wildman–Crippen LogP) is 4.67. The van der Waals surface area contributed by atoms with E-state index in [-0.39, 0.29) is 11.8 Å². The number of rotatable bonds is 5. The highest BCUT2D eigenvalue weighted by Gasteiger charge is 2.44. The van der Waals surface area contributed by atoms with E-state index in [1.165, 1.54) is 0 Å². The molecule has 0 N–H and O–H groups in total. The maximum atomic E-state index is 13.6. The summed E-state index contributed by atoms with van der Waals surface area (Å²) >= 11 is 1.58. The number of hydrogen-bond donors (Lipinski definition) is 0. The van der Waals surface area contributed by atoms with Gasteiger partial charge in [-0.05, 0) is 49.4 Å². The van der Waals surface area contributed by atoms with Crippen LogP contribution in [-0.2, 0) is 11.2 Å². The van der Waals surface area contributed by atoms with Crippen LogP contribution in [0.2, 0.25) is 0 Å². The maximum absolute atomic E-state index is 13.6. The summed E-state index contributed by atoms with van der Waals surface area (Å²) in [4.78, 5) is 35.7. The molecule has 0 aliphatic carbocycles. The minimum absolute atomic E-state index is 0.0190. The van der Waals surface area contributed by atoms with Crippen molar-refractivity contribution >= 4 is 23.2 Å². The van der Waals surface area contributed by atoms with Crippen molar-refractivity contribution < 1.29 is 9.59 Å². The third-order valence-electron chi connectivity index (χ3n) is 6.22. The quantitative estimate of drug-likeness (QED) is 0.571. The van der Waals surface area contributed by atoms with Crippen LogP contribution in [0.3, 0.4) is 0 Å². The highest BCUT2D eigenvalue weighted by Crippen LogP contribution is 2.38. The van der Waals surface area contributed by atoms with Gasteiger partial charge >= 0.3 is 0 Å². The van der Waals surface area contributed by atoms with Crippen molar-refractivity contribution in [3.63, 3.8) is 0 Å². The molecule has 1 atom stereocenters. The number of amides is 2. The first-order valence-electron chi connectivity index (χ1n) is 10.9. The lowest BCUT2D eigenvalue weighted by Gasteiger charge is -2.43. The second kappa shape index (κ2) is 9.25. The number of hydrogen-bond acceptors (Lipinski definition) is 4. The Morgan fingerprint density at radius 1 is 1.19 bits per heavy atom. The Bertz CT molecular complexity index is 1110. The molecule has 166 valence electrons. The number of aromatic nitrogens is 1. The van der Waals surface area contributed by atoms with Crippen molar-refractivity contribution in [2.75, 3.05) is 27.2 Å². The Morgan fingerprint density at radius 2 is 2.00 bits per heavy atom. The Balaban J connectivity index is 1.69.